The molecule has 1 aromatic heterocycles. The van der Waals surface area contributed by atoms with Gasteiger partial charge in [-0.25, -0.2) is 0 Å². The Morgan fingerprint density at radius 2 is 2.41 bits per heavy atom. The lowest BCUT2D eigenvalue weighted by Gasteiger charge is -2.46. The first-order chi connectivity index (χ1) is 8.29. The van der Waals surface area contributed by atoms with E-state index in [0.717, 1.165) is 19.3 Å². The minimum atomic E-state index is 0.365. The number of piperidine rings is 1. The molecule has 0 unspecified atom stereocenters. The van der Waals surface area contributed by atoms with Gasteiger partial charge < -0.3 is 5.73 Å². The van der Waals surface area contributed by atoms with E-state index < -0.39 is 0 Å². The lowest BCUT2D eigenvalue weighted by Crippen LogP contribution is -2.57. The van der Waals surface area contributed by atoms with Crippen LogP contribution in [0.15, 0.2) is 6.20 Å². The number of hydrogen-bond donors (Lipinski definition) is 2. The monoisotopic (exact) mass is 234 g/mol. The second kappa shape index (κ2) is 4.42. The van der Waals surface area contributed by atoms with E-state index in [2.05, 4.69) is 22.0 Å². The fraction of sp³-hybridized carbons (Fsp3) is 0.769. The summed E-state index contributed by atoms with van der Waals surface area (Å²) in [4.78, 5) is 2.64. The van der Waals surface area contributed by atoms with Crippen molar-refractivity contribution < 1.29 is 0 Å². The van der Waals surface area contributed by atoms with Gasteiger partial charge in [0, 0.05) is 17.8 Å². The van der Waals surface area contributed by atoms with Crippen molar-refractivity contribution in [2.45, 2.75) is 44.7 Å². The molecular formula is C13H22N4. The van der Waals surface area contributed by atoms with E-state index in [0.29, 0.717) is 18.0 Å². The van der Waals surface area contributed by atoms with Crippen LogP contribution in [0.2, 0.25) is 0 Å². The minimum Gasteiger partial charge on any atom is -0.327 e. The van der Waals surface area contributed by atoms with Crippen LogP contribution in [0.25, 0.3) is 0 Å². The van der Waals surface area contributed by atoms with E-state index in [1.165, 1.54) is 30.8 Å². The highest BCUT2D eigenvalue weighted by atomic mass is 15.2. The third-order valence-electron chi connectivity index (χ3n) is 4.45. The van der Waals surface area contributed by atoms with Crippen LogP contribution in [-0.4, -0.2) is 40.3 Å². The average Bonchev–Trinajstić information content (AvgIpc) is 2.78. The van der Waals surface area contributed by atoms with Gasteiger partial charge >= 0.3 is 0 Å². The standard InChI is InChI=1S/C13H22N4/c1-2-4-17-5-3-11(14)10-7-12-9(6-13(10)17)8-15-16-12/h8,10-11,13H,2-7,14H2,1H3,(H,15,16)/t10-,11+,13+/m1/s1. The number of likely N-dealkylation sites (tertiary alicyclic amines) is 1. The van der Waals surface area contributed by atoms with Crippen molar-refractivity contribution in [1.29, 1.82) is 0 Å². The van der Waals surface area contributed by atoms with E-state index in [9.17, 15) is 0 Å². The largest absolute Gasteiger partial charge is 0.327 e. The van der Waals surface area contributed by atoms with Gasteiger partial charge in [-0.05, 0) is 50.3 Å². The van der Waals surface area contributed by atoms with Gasteiger partial charge in [-0.3, -0.25) is 10.00 Å². The zero-order valence-electron chi connectivity index (χ0n) is 10.5. The van der Waals surface area contributed by atoms with Gasteiger partial charge in [0.15, 0.2) is 0 Å². The van der Waals surface area contributed by atoms with E-state index in [1.807, 2.05) is 6.20 Å². The highest BCUT2D eigenvalue weighted by Gasteiger charge is 2.39. The first-order valence-electron chi connectivity index (χ1n) is 6.80. The van der Waals surface area contributed by atoms with Gasteiger partial charge in [-0.15, -0.1) is 0 Å². The molecule has 0 amide bonds. The maximum Gasteiger partial charge on any atom is 0.0522 e. The Labute approximate surface area is 103 Å². The normalized spacial score (nSPS) is 33.2. The smallest absolute Gasteiger partial charge is 0.0522 e. The van der Waals surface area contributed by atoms with Crippen molar-refractivity contribution in [3.63, 3.8) is 0 Å². The second-order valence-electron chi connectivity index (χ2n) is 5.50. The number of fused-ring (bicyclic) bond motifs is 2. The Hall–Kier alpha value is -0.870. The predicted octanol–water partition coefficient (Wildman–Crippen LogP) is 0.936. The summed E-state index contributed by atoms with van der Waals surface area (Å²) in [6.07, 6.45) is 6.59. The molecule has 2 heterocycles. The number of nitrogens with zero attached hydrogens (tertiary/aromatic N) is 2. The van der Waals surface area contributed by atoms with Crippen LogP contribution < -0.4 is 5.73 Å². The highest BCUT2D eigenvalue weighted by Crippen LogP contribution is 2.33. The summed E-state index contributed by atoms with van der Waals surface area (Å²) in [7, 11) is 0. The summed E-state index contributed by atoms with van der Waals surface area (Å²) < 4.78 is 0. The van der Waals surface area contributed by atoms with Gasteiger partial charge in [-0.1, -0.05) is 6.92 Å². The Morgan fingerprint density at radius 1 is 1.53 bits per heavy atom. The highest BCUT2D eigenvalue weighted by molar-refractivity contribution is 5.24. The summed E-state index contributed by atoms with van der Waals surface area (Å²) >= 11 is 0. The molecule has 0 spiro atoms. The van der Waals surface area contributed by atoms with Gasteiger partial charge in [-0.2, -0.15) is 5.10 Å². The second-order valence-corrected chi connectivity index (χ2v) is 5.50. The molecule has 3 rings (SSSR count). The molecule has 17 heavy (non-hydrogen) atoms. The van der Waals surface area contributed by atoms with E-state index in [4.69, 9.17) is 5.73 Å². The molecular weight excluding hydrogens is 212 g/mol. The van der Waals surface area contributed by atoms with Gasteiger partial charge in [0.05, 0.1) is 6.20 Å². The molecule has 4 nitrogen and oxygen atoms in total. The molecule has 1 aromatic rings. The molecule has 0 aromatic carbocycles. The summed E-state index contributed by atoms with van der Waals surface area (Å²) in [5, 5.41) is 7.31. The van der Waals surface area contributed by atoms with Crippen molar-refractivity contribution >= 4 is 0 Å². The molecule has 2 aliphatic rings. The van der Waals surface area contributed by atoms with Crippen molar-refractivity contribution in [3.8, 4) is 0 Å². The van der Waals surface area contributed by atoms with Crippen molar-refractivity contribution in [3.05, 3.63) is 17.5 Å². The number of rotatable bonds is 2. The molecule has 0 bridgehead atoms. The fourth-order valence-electron chi connectivity index (χ4n) is 3.54. The van der Waals surface area contributed by atoms with Crippen LogP contribution in [0, 0.1) is 5.92 Å². The SMILES string of the molecule is CCCN1CC[C@H](N)[C@H]2Cc3[nH]ncc3C[C@@H]21. The van der Waals surface area contributed by atoms with Gasteiger partial charge in [0.25, 0.3) is 0 Å². The van der Waals surface area contributed by atoms with Crippen LogP contribution >= 0.6 is 0 Å². The molecule has 1 fully saturated rings. The van der Waals surface area contributed by atoms with Crippen LogP contribution in [0.1, 0.15) is 31.0 Å². The number of aromatic nitrogens is 2. The van der Waals surface area contributed by atoms with Crippen LogP contribution in [0.4, 0.5) is 0 Å². The molecule has 1 aliphatic carbocycles. The Bertz CT molecular complexity index is 387. The van der Waals surface area contributed by atoms with Crippen LogP contribution in [-0.2, 0) is 12.8 Å². The number of nitrogens with one attached hydrogen (secondary N) is 1. The molecule has 0 saturated carbocycles. The number of H-pyrrole nitrogens is 1. The molecule has 94 valence electrons. The zero-order chi connectivity index (χ0) is 11.8. The molecule has 1 saturated heterocycles. The number of hydrogen-bond acceptors (Lipinski definition) is 3. The fourth-order valence-corrected chi connectivity index (χ4v) is 3.54. The first-order valence-corrected chi connectivity index (χ1v) is 6.80. The lowest BCUT2D eigenvalue weighted by atomic mass is 9.75. The number of aromatic amines is 1. The molecule has 3 N–H and O–H groups in total. The zero-order valence-corrected chi connectivity index (χ0v) is 10.5. The van der Waals surface area contributed by atoms with E-state index in [-0.39, 0.29) is 0 Å². The van der Waals surface area contributed by atoms with E-state index >= 15 is 0 Å². The van der Waals surface area contributed by atoms with Crippen LogP contribution in [0.5, 0.6) is 0 Å². The Kier molecular flexibility index (Phi) is 2.92. The summed E-state index contributed by atoms with van der Waals surface area (Å²) in [5.74, 6) is 0.614. The topological polar surface area (TPSA) is 57.9 Å². The van der Waals surface area contributed by atoms with Gasteiger partial charge in [0.1, 0.15) is 0 Å². The van der Waals surface area contributed by atoms with Gasteiger partial charge in [0.2, 0.25) is 0 Å². The summed E-state index contributed by atoms with van der Waals surface area (Å²) in [6.45, 7) is 4.64. The van der Waals surface area contributed by atoms with Crippen molar-refractivity contribution in [2.75, 3.05) is 13.1 Å². The first kappa shape index (κ1) is 11.2. The van der Waals surface area contributed by atoms with Crippen LogP contribution in [0.3, 0.4) is 0 Å². The predicted molar refractivity (Wildman–Crippen MR) is 67.7 cm³/mol. The summed E-state index contributed by atoms with van der Waals surface area (Å²) in [6, 6.07) is 1.01. The lowest BCUT2D eigenvalue weighted by molar-refractivity contribution is 0.0699. The molecule has 3 atom stereocenters. The van der Waals surface area contributed by atoms with Crippen molar-refractivity contribution in [2.24, 2.45) is 11.7 Å². The number of nitrogens with two attached hydrogens (primary N) is 1. The molecule has 4 heteroatoms. The third kappa shape index (κ3) is 1.89. The minimum absolute atomic E-state index is 0.365. The summed E-state index contributed by atoms with van der Waals surface area (Å²) in [5.41, 5.74) is 9.04. The quantitative estimate of drug-likeness (QED) is 0.800. The molecule has 1 aliphatic heterocycles. The molecule has 0 radical (unpaired) electrons. The average molecular weight is 234 g/mol. The maximum atomic E-state index is 6.31. The maximum absolute atomic E-state index is 6.31. The third-order valence-corrected chi connectivity index (χ3v) is 4.45. The van der Waals surface area contributed by atoms with E-state index in [1.54, 1.807) is 0 Å². The Morgan fingerprint density at radius 3 is 3.24 bits per heavy atom. The van der Waals surface area contributed by atoms with Crippen molar-refractivity contribution in [1.82, 2.24) is 15.1 Å². The Balaban J connectivity index is 1.85.